The maximum Gasteiger partial charge on any atom is 0.121 e. The molecule has 0 saturated heterocycles. The fourth-order valence-corrected chi connectivity index (χ4v) is 2.73. The van der Waals surface area contributed by atoms with Crippen molar-refractivity contribution in [2.45, 2.75) is 39.8 Å². The van der Waals surface area contributed by atoms with Gasteiger partial charge in [0.05, 0.1) is 7.11 Å². The molecule has 0 atom stereocenters. The van der Waals surface area contributed by atoms with E-state index in [1.54, 1.807) is 7.11 Å². The van der Waals surface area contributed by atoms with Crippen LogP contribution in [0.25, 0.3) is 0 Å². The molecule has 2 nitrogen and oxygen atoms in total. The van der Waals surface area contributed by atoms with Crippen LogP contribution in [0, 0.1) is 6.92 Å². The minimum Gasteiger partial charge on any atom is -0.496 e. The van der Waals surface area contributed by atoms with Crippen LogP contribution in [0.3, 0.4) is 0 Å². The molecular formula is C20H27NO. The Labute approximate surface area is 134 Å². The van der Waals surface area contributed by atoms with Crippen LogP contribution in [0.15, 0.2) is 48.5 Å². The third-order valence-electron chi connectivity index (χ3n) is 3.94. The lowest BCUT2D eigenvalue weighted by atomic mass is 10.1. The zero-order valence-electron chi connectivity index (χ0n) is 14.0. The molecule has 0 N–H and O–H groups in total. The molecule has 0 aliphatic rings. The molecule has 2 heteroatoms. The number of hydrogen-bond donors (Lipinski definition) is 0. The van der Waals surface area contributed by atoms with E-state index < -0.39 is 0 Å². The molecule has 0 radical (unpaired) electrons. The van der Waals surface area contributed by atoms with Gasteiger partial charge in [-0.3, -0.25) is 4.90 Å². The van der Waals surface area contributed by atoms with Gasteiger partial charge < -0.3 is 4.74 Å². The first kappa shape index (κ1) is 16.6. The van der Waals surface area contributed by atoms with Gasteiger partial charge in [0.15, 0.2) is 0 Å². The number of benzene rings is 2. The average molecular weight is 297 g/mol. The molecule has 0 heterocycles. The lowest BCUT2D eigenvalue weighted by Gasteiger charge is -2.23. The minimum absolute atomic E-state index is 0.965. The number of nitrogens with zero attached hydrogens (tertiary/aromatic N) is 1. The molecule has 0 spiro atoms. The molecule has 2 rings (SSSR count). The number of rotatable bonds is 8. The molecule has 0 unspecified atom stereocenters. The van der Waals surface area contributed by atoms with Gasteiger partial charge in [0.25, 0.3) is 0 Å². The molecule has 0 fully saturated rings. The van der Waals surface area contributed by atoms with Crippen LogP contribution >= 0.6 is 0 Å². The van der Waals surface area contributed by atoms with E-state index in [9.17, 15) is 0 Å². The summed E-state index contributed by atoms with van der Waals surface area (Å²) in [6.45, 7) is 7.48. The Morgan fingerprint density at radius 1 is 0.955 bits per heavy atom. The number of hydrogen-bond acceptors (Lipinski definition) is 2. The van der Waals surface area contributed by atoms with Crippen molar-refractivity contribution in [3.05, 3.63) is 65.2 Å². The standard InChI is InChI=1S/C20H27NO/c1-4-5-13-21(15-18-9-7-6-8-10-18)16-19-11-12-20(22-3)17(2)14-19/h6-12,14H,4-5,13,15-16H2,1-3H3. The van der Waals surface area contributed by atoms with Crippen LogP contribution < -0.4 is 4.74 Å². The first-order valence-electron chi connectivity index (χ1n) is 8.12. The van der Waals surface area contributed by atoms with E-state index in [0.717, 1.165) is 25.4 Å². The third kappa shape index (κ3) is 4.88. The third-order valence-corrected chi connectivity index (χ3v) is 3.94. The zero-order valence-corrected chi connectivity index (χ0v) is 14.0. The fourth-order valence-electron chi connectivity index (χ4n) is 2.73. The Bertz CT molecular complexity index is 565. The molecular weight excluding hydrogens is 270 g/mol. The normalized spacial score (nSPS) is 10.9. The van der Waals surface area contributed by atoms with Crippen LogP contribution in [0.1, 0.15) is 36.5 Å². The van der Waals surface area contributed by atoms with Crippen LogP contribution in [-0.4, -0.2) is 18.6 Å². The second-order valence-electron chi connectivity index (χ2n) is 5.85. The van der Waals surface area contributed by atoms with E-state index in [-0.39, 0.29) is 0 Å². The van der Waals surface area contributed by atoms with Crippen molar-refractivity contribution in [2.75, 3.05) is 13.7 Å². The summed E-state index contributed by atoms with van der Waals surface area (Å²) in [5.74, 6) is 0.965. The van der Waals surface area contributed by atoms with Gasteiger partial charge in [-0.2, -0.15) is 0 Å². The van der Waals surface area contributed by atoms with Gasteiger partial charge in [-0.05, 0) is 42.6 Å². The van der Waals surface area contributed by atoms with E-state index in [0.29, 0.717) is 0 Å². The second-order valence-corrected chi connectivity index (χ2v) is 5.85. The molecule has 2 aromatic rings. The summed E-state index contributed by atoms with van der Waals surface area (Å²) < 4.78 is 5.35. The predicted molar refractivity (Wildman–Crippen MR) is 93.2 cm³/mol. The van der Waals surface area contributed by atoms with E-state index in [1.165, 1.54) is 29.5 Å². The minimum atomic E-state index is 0.965. The first-order valence-corrected chi connectivity index (χ1v) is 8.12. The van der Waals surface area contributed by atoms with E-state index >= 15 is 0 Å². The molecule has 0 aliphatic heterocycles. The highest BCUT2D eigenvalue weighted by Gasteiger charge is 2.08. The Hall–Kier alpha value is -1.80. The summed E-state index contributed by atoms with van der Waals surface area (Å²) in [4.78, 5) is 2.53. The molecule has 0 saturated carbocycles. The van der Waals surface area contributed by atoms with E-state index in [4.69, 9.17) is 4.74 Å². The van der Waals surface area contributed by atoms with Crippen molar-refractivity contribution in [3.8, 4) is 5.75 Å². The molecule has 0 aliphatic carbocycles. The van der Waals surface area contributed by atoms with Gasteiger partial charge in [-0.15, -0.1) is 0 Å². The van der Waals surface area contributed by atoms with E-state index in [1.807, 2.05) is 0 Å². The summed E-state index contributed by atoms with van der Waals surface area (Å²) in [5, 5.41) is 0. The quantitative estimate of drug-likeness (QED) is 0.693. The predicted octanol–water partition coefficient (Wildman–Crippen LogP) is 4.81. The summed E-state index contributed by atoms with van der Waals surface area (Å²) in [6, 6.07) is 17.2. The van der Waals surface area contributed by atoms with Crippen LogP contribution in [-0.2, 0) is 13.1 Å². The van der Waals surface area contributed by atoms with Gasteiger partial charge >= 0.3 is 0 Å². The first-order chi connectivity index (χ1) is 10.7. The highest BCUT2D eigenvalue weighted by atomic mass is 16.5. The lowest BCUT2D eigenvalue weighted by Crippen LogP contribution is -2.24. The van der Waals surface area contributed by atoms with Crippen molar-refractivity contribution in [1.29, 1.82) is 0 Å². The largest absolute Gasteiger partial charge is 0.496 e. The van der Waals surface area contributed by atoms with Gasteiger partial charge in [0, 0.05) is 13.1 Å². The Morgan fingerprint density at radius 3 is 2.32 bits per heavy atom. The number of methoxy groups -OCH3 is 1. The van der Waals surface area contributed by atoms with Gasteiger partial charge in [0.2, 0.25) is 0 Å². The Kier molecular flexibility index (Phi) is 6.47. The summed E-state index contributed by atoms with van der Waals surface area (Å²) in [5.41, 5.74) is 3.93. The number of unbranched alkanes of at least 4 members (excludes halogenated alkanes) is 1. The Morgan fingerprint density at radius 2 is 1.68 bits per heavy atom. The van der Waals surface area contributed by atoms with Gasteiger partial charge in [-0.25, -0.2) is 0 Å². The van der Waals surface area contributed by atoms with Gasteiger partial charge in [0.1, 0.15) is 5.75 Å². The van der Waals surface area contributed by atoms with Crippen LogP contribution in [0.5, 0.6) is 5.75 Å². The summed E-state index contributed by atoms with van der Waals surface area (Å²) >= 11 is 0. The second kappa shape index (κ2) is 8.60. The van der Waals surface area contributed by atoms with Crippen molar-refractivity contribution in [2.24, 2.45) is 0 Å². The lowest BCUT2D eigenvalue weighted by molar-refractivity contribution is 0.252. The number of ether oxygens (including phenoxy) is 1. The SMILES string of the molecule is CCCCN(Cc1ccccc1)Cc1ccc(OC)c(C)c1. The highest BCUT2D eigenvalue weighted by Crippen LogP contribution is 2.20. The summed E-state index contributed by atoms with van der Waals surface area (Å²) in [6.07, 6.45) is 2.47. The Balaban J connectivity index is 2.07. The number of aryl methyl sites for hydroxylation is 1. The molecule has 22 heavy (non-hydrogen) atoms. The molecule has 0 amide bonds. The maximum absolute atomic E-state index is 5.35. The maximum atomic E-state index is 5.35. The van der Waals surface area contributed by atoms with E-state index in [2.05, 4.69) is 67.3 Å². The molecule has 2 aromatic carbocycles. The summed E-state index contributed by atoms with van der Waals surface area (Å²) in [7, 11) is 1.73. The smallest absolute Gasteiger partial charge is 0.121 e. The highest BCUT2D eigenvalue weighted by molar-refractivity contribution is 5.36. The molecule has 118 valence electrons. The van der Waals surface area contributed by atoms with Crippen molar-refractivity contribution < 1.29 is 4.74 Å². The van der Waals surface area contributed by atoms with Crippen molar-refractivity contribution in [1.82, 2.24) is 4.90 Å². The van der Waals surface area contributed by atoms with Gasteiger partial charge in [-0.1, -0.05) is 55.8 Å². The topological polar surface area (TPSA) is 12.5 Å². The van der Waals surface area contributed by atoms with Crippen LogP contribution in [0.2, 0.25) is 0 Å². The van der Waals surface area contributed by atoms with Crippen molar-refractivity contribution >= 4 is 0 Å². The zero-order chi connectivity index (χ0) is 15.8. The van der Waals surface area contributed by atoms with Crippen LogP contribution in [0.4, 0.5) is 0 Å². The van der Waals surface area contributed by atoms with Crippen molar-refractivity contribution in [3.63, 3.8) is 0 Å². The molecule has 0 bridgehead atoms. The molecule has 0 aromatic heterocycles. The fraction of sp³-hybridized carbons (Fsp3) is 0.400. The monoisotopic (exact) mass is 297 g/mol. The average Bonchev–Trinajstić information content (AvgIpc) is 2.54.